The Bertz CT molecular complexity index is 1050. The first-order valence-corrected chi connectivity index (χ1v) is 8.30. The molecule has 0 spiro atoms. The minimum absolute atomic E-state index is 0.162. The van der Waals surface area contributed by atoms with Gasteiger partial charge in [0, 0.05) is 37.7 Å². The van der Waals surface area contributed by atoms with E-state index in [2.05, 4.69) is 20.3 Å². The van der Waals surface area contributed by atoms with Crippen LogP contribution < -0.4 is 16.4 Å². The average molecular weight is 353 g/mol. The number of amides is 1. The third-order valence-electron chi connectivity index (χ3n) is 3.91. The molecule has 8 nitrogen and oxygen atoms in total. The molecule has 8 heteroatoms. The molecule has 0 unspecified atom stereocenters. The summed E-state index contributed by atoms with van der Waals surface area (Å²) in [7, 11) is 0. The highest BCUT2D eigenvalue weighted by atomic mass is 16.2. The van der Waals surface area contributed by atoms with Crippen LogP contribution >= 0.6 is 0 Å². The number of aromatic amines is 1. The number of aromatic nitrogens is 4. The number of carbonyl (C=O) groups excluding carboxylic acids is 1. The zero-order chi connectivity index (χ0) is 18.5. The number of hydrogen-bond donors (Lipinski definition) is 2. The maximum absolute atomic E-state index is 12.4. The SMILES string of the molecule is Cc1cc(=O)[nH]c(CCNC(=O)CCn2cnc3ccccc3c2=O)n1. The van der Waals surface area contributed by atoms with Gasteiger partial charge in [-0.1, -0.05) is 12.1 Å². The van der Waals surface area contributed by atoms with Crippen molar-refractivity contribution >= 4 is 16.8 Å². The van der Waals surface area contributed by atoms with E-state index >= 15 is 0 Å². The molecular weight excluding hydrogens is 334 g/mol. The number of benzene rings is 1. The fraction of sp³-hybridized carbons (Fsp3) is 0.278. The first kappa shape index (κ1) is 17.5. The summed E-state index contributed by atoms with van der Waals surface area (Å²) in [6.45, 7) is 2.35. The Morgan fingerprint density at radius 2 is 2.08 bits per heavy atom. The number of rotatable bonds is 6. The third kappa shape index (κ3) is 4.21. The van der Waals surface area contributed by atoms with Gasteiger partial charge in [0.25, 0.3) is 11.1 Å². The van der Waals surface area contributed by atoms with Crippen LogP contribution in [-0.2, 0) is 17.8 Å². The molecule has 0 aliphatic carbocycles. The van der Waals surface area contributed by atoms with Gasteiger partial charge in [-0.15, -0.1) is 0 Å². The molecule has 3 aromatic rings. The predicted molar refractivity (Wildman–Crippen MR) is 96.9 cm³/mol. The molecule has 0 bridgehead atoms. The molecule has 0 radical (unpaired) electrons. The van der Waals surface area contributed by atoms with Crippen LogP contribution in [0.5, 0.6) is 0 Å². The number of fused-ring (bicyclic) bond motifs is 1. The summed E-state index contributed by atoms with van der Waals surface area (Å²) < 4.78 is 1.43. The Kier molecular flexibility index (Phi) is 5.21. The van der Waals surface area contributed by atoms with Gasteiger partial charge in [0.2, 0.25) is 5.91 Å². The third-order valence-corrected chi connectivity index (χ3v) is 3.91. The van der Waals surface area contributed by atoms with E-state index in [1.807, 2.05) is 6.07 Å². The van der Waals surface area contributed by atoms with Crippen LogP contribution in [0, 0.1) is 6.92 Å². The highest BCUT2D eigenvalue weighted by molar-refractivity contribution is 5.77. The van der Waals surface area contributed by atoms with Crippen molar-refractivity contribution in [3.8, 4) is 0 Å². The van der Waals surface area contributed by atoms with Crippen LogP contribution in [0.2, 0.25) is 0 Å². The van der Waals surface area contributed by atoms with Crippen LogP contribution in [0.15, 0.2) is 46.2 Å². The van der Waals surface area contributed by atoms with Crippen molar-refractivity contribution in [1.29, 1.82) is 0 Å². The number of H-pyrrole nitrogens is 1. The first-order valence-electron chi connectivity index (χ1n) is 8.30. The summed E-state index contributed by atoms with van der Waals surface area (Å²) >= 11 is 0. The van der Waals surface area contributed by atoms with E-state index in [-0.39, 0.29) is 30.0 Å². The first-order chi connectivity index (χ1) is 12.5. The fourth-order valence-corrected chi connectivity index (χ4v) is 2.66. The molecule has 1 aromatic carbocycles. The van der Waals surface area contributed by atoms with Crippen LogP contribution in [0.25, 0.3) is 10.9 Å². The molecule has 0 atom stereocenters. The fourth-order valence-electron chi connectivity index (χ4n) is 2.66. The van der Waals surface area contributed by atoms with Gasteiger partial charge in [-0.05, 0) is 19.1 Å². The van der Waals surface area contributed by atoms with Crippen molar-refractivity contribution in [1.82, 2.24) is 24.8 Å². The number of nitrogens with zero attached hydrogens (tertiary/aromatic N) is 3. The van der Waals surface area contributed by atoms with Gasteiger partial charge < -0.3 is 10.3 Å². The largest absolute Gasteiger partial charge is 0.356 e. The second-order valence-corrected chi connectivity index (χ2v) is 5.94. The van der Waals surface area contributed by atoms with Crippen molar-refractivity contribution in [2.45, 2.75) is 26.3 Å². The van der Waals surface area contributed by atoms with Gasteiger partial charge in [0.05, 0.1) is 17.2 Å². The lowest BCUT2D eigenvalue weighted by Gasteiger charge is -2.08. The molecule has 3 rings (SSSR count). The van der Waals surface area contributed by atoms with Crippen LogP contribution in [0.1, 0.15) is 17.9 Å². The van der Waals surface area contributed by atoms with E-state index in [0.29, 0.717) is 35.4 Å². The molecule has 26 heavy (non-hydrogen) atoms. The molecule has 0 aliphatic heterocycles. The molecule has 2 N–H and O–H groups in total. The molecule has 2 aromatic heterocycles. The van der Waals surface area contributed by atoms with E-state index in [4.69, 9.17) is 0 Å². The van der Waals surface area contributed by atoms with Crippen molar-refractivity contribution in [3.63, 3.8) is 0 Å². The molecule has 2 heterocycles. The number of hydrogen-bond acceptors (Lipinski definition) is 5. The summed E-state index contributed by atoms with van der Waals surface area (Å²) in [5, 5.41) is 3.29. The van der Waals surface area contributed by atoms with E-state index in [9.17, 15) is 14.4 Å². The maximum atomic E-state index is 12.4. The van der Waals surface area contributed by atoms with Crippen molar-refractivity contribution in [2.75, 3.05) is 6.54 Å². The Labute approximate surface area is 148 Å². The second-order valence-electron chi connectivity index (χ2n) is 5.94. The number of carbonyl (C=O) groups is 1. The topological polar surface area (TPSA) is 110 Å². The summed E-state index contributed by atoms with van der Waals surface area (Å²) in [6.07, 6.45) is 2.05. The lowest BCUT2D eigenvalue weighted by Crippen LogP contribution is -2.29. The Morgan fingerprint density at radius 1 is 1.27 bits per heavy atom. The van der Waals surface area contributed by atoms with Gasteiger partial charge >= 0.3 is 0 Å². The molecule has 1 amide bonds. The summed E-state index contributed by atoms with van der Waals surface area (Å²) in [6, 6.07) is 8.51. The maximum Gasteiger partial charge on any atom is 0.261 e. The van der Waals surface area contributed by atoms with Crippen molar-refractivity contribution < 1.29 is 4.79 Å². The van der Waals surface area contributed by atoms with E-state index in [1.54, 1.807) is 25.1 Å². The number of para-hydroxylation sites is 1. The van der Waals surface area contributed by atoms with Crippen LogP contribution in [0.4, 0.5) is 0 Å². The minimum atomic E-state index is -0.206. The normalized spacial score (nSPS) is 10.8. The monoisotopic (exact) mass is 353 g/mol. The van der Waals surface area contributed by atoms with E-state index < -0.39 is 0 Å². The van der Waals surface area contributed by atoms with E-state index in [1.165, 1.54) is 17.0 Å². The van der Waals surface area contributed by atoms with Gasteiger partial charge in [-0.3, -0.25) is 19.0 Å². The zero-order valence-corrected chi connectivity index (χ0v) is 14.4. The van der Waals surface area contributed by atoms with Gasteiger partial charge in [0.1, 0.15) is 5.82 Å². The Hall–Kier alpha value is -3.29. The lowest BCUT2D eigenvalue weighted by molar-refractivity contribution is -0.121. The van der Waals surface area contributed by atoms with Gasteiger partial charge in [-0.25, -0.2) is 9.97 Å². The highest BCUT2D eigenvalue weighted by Gasteiger charge is 2.07. The molecule has 0 saturated heterocycles. The molecule has 0 saturated carbocycles. The molecule has 0 aliphatic rings. The van der Waals surface area contributed by atoms with Gasteiger partial charge in [0.15, 0.2) is 0 Å². The minimum Gasteiger partial charge on any atom is -0.356 e. The summed E-state index contributed by atoms with van der Waals surface area (Å²) in [5.41, 5.74) is 0.906. The lowest BCUT2D eigenvalue weighted by atomic mass is 10.2. The standard InChI is InChI=1S/C18H19N5O3/c1-12-10-17(25)22-15(21-12)6-8-19-16(24)7-9-23-11-20-14-5-3-2-4-13(14)18(23)26/h2-5,10-11H,6-9H2,1H3,(H,19,24)(H,21,22,25). The van der Waals surface area contributed by atoms with Gasteiger partial charge in [-0.2, -0.15) is 0 Å². The smallest absolute Gasteiger partial charge is 0.261 e. The Balaban J connectivity index is 1.53. The van der Waals surface area contributed by atoms with E-state index in [0.717, 1.165) is 0 Å². The van der Waals surface area contributed by atoms with Crippen LogP contribution in [0.3, 0.4) is 0 Å². The van der Waals surface area contributed by atoms with Crippen molar-refractivity contribution in [3.05, 3.63) is 68.9 Å². The number of nitrogens with one attached hydrogen (secondary N) is 2. The highest BCUT2D eigenvalue weighted by Crippen LogP contribution is 2.04. The zero-order valence-electron chi connectivity index (χ0n) is 14.4. The predicted octanol–water partition coefficient (Wildman–Crippen LogP) is 0.537. The second kappa shape index (κ2) is 7.73. The Morgan fingerprint density at radius 3 is 2.88 bits per heavy atom. The molecule has 134 valence electrons. The molecular formula is C18H19N5O3. The number of aryl methyl sites for hydroxylation is 2. The summed E-state index contributed by atoms with van der Waals surface area (Å²) in [4.78, 5) is 46.8. The van der Waals surface area contributed by atoms with Crippen molar-refractivity contribution in [2.24, 2.45) is 0 Å². The molecule has 0 fully saturated rings. The quantitative estimate of drug-likeness (QED) is 0.672. The van der Waals surface area contributed by atoms with Crippen LogP contribution in [-0.4, -0.2) is 32.0 Å². The average Bonchev–Trinajstić information content (AvgIpc) is 2.60. The summed E-state index contributed by atoms with van der Waals surface area (Å²) in [5.74, 6) is 0.352.